The zero-order chi connectivity index (χ0) is 24.3. The Morgan fingerprint density at radius 3 is 2.53 bits per heavy atom. The number of morpholine rings is 1. The number of fused-ring (bicyclic) bond motifs is 1. The van der Waals surface area contributed by atoms with Crippen LogP contribution in [0.3, 0.4) is 0 Å². The first kappa shape index (κ1) is 25.1. The van der Waals surface area contributed by atoms with Crippen molar-refractivity contribution in [3.8, 4) is 0 Å². The van der Waals surface area contributed by atoms with Gasteiger partial charge in [0.15, 0.2) is 0 Å². The Morgan fingerprint density at radius 1 is 1.15 bits per heavy atom. The molecule has 1 saturated heterocycles. The summed E-state index contributed by atoms with van der Waals surface area (Å²) in [5.41, 5.74) is 1.30. The van der Waals surface area contributed by atoms with Gasteiger partial charge in [0.05, 0.1) is 18.1 Å². The lowest BCUT2D eigenvalue weighted by Crippen LogP contribution is -2.49. The summed E-state index contributed by atoms with van der Waals surface area (Å²) in [6, 6.07) is 4.68. The zero-order valence-corrected chi connectivity index (χ0v) is 21.0. The van der Waals surface area contributed by atoms with E-state index in [-0.39, 0.29) is 16.7 Å². The Hall–Kier alpha value is -2.01. The minimum Gasteiger partial charge on any atom is -0.379 e. The molecule has 1 aromatic rings. The minimum atomic E-state index is -3.65. The number of carbonyl (C=O) groups is 2. The molecule has 1 aromatic carbocycles. The molecule has 1 N–H and O–H groups in total. The average molecular weight is 493 g/mol. The van der Waals surface area contributed by atoms with Crippen LogP contribution in [-0.2, 0) is 30.8 Å². The molecule has 1 saturated carbocycles. The number of nitrogens with zero attached hydrogens (tertiary/aromatic N) is 3. The molecule has 0 spiro atoms. The molecule has 0 bridgehead atoms. The van der Waals surface area contributed by atoms with Gasteiger partial charge in [0.25, 0.3) is 0 Å². The van der Waals surface area contributed by atoms with Gasteiger partial charge in [-0.2, -0.15) is 4.31 Å². The summed E-state index contributed by atoms with van der Waals surface area (Å²) in [7, 11) is -1.55. The number of nitrogens with one attached hydrogen (secondary N) is 1. The minimum absolute atomic E-state index is 0.187. The van der Waals surface area contributed by atoms with E-state index in [1.807, 2.05) is 0 Å². The molecule has 9 nitrogen and oxygen atoms in total. The quantitative estimate of drug-likeness (QED) is 0.617. The Labute approximate surface area is 202 Å². The first-order valence-electron chi connectivity index (χ1n) is 12.3. The fourth-order valence-corrected chi connectivity index (χ4v) is 6.76. The summed E-state index contributed by atoms with van der Waals surface area (Å²) in [6.45, 7) is 4.10. The number of rotatable bonds is 7. The highest BCUT2D eigenvalue weighted by atomic mass is 32.2. The molecule has 0 aromatic heterocycles. The van der Waals surface area contributed by atoms with Crippen LogP contribution in [0.15, 0.2) is 23.1 Å². The first-order chi connectivity index (χ1) is 16.3. The molecular weight excluding hydrogens is 456 g/mol. The normalized spacial score (nSPS) is 22.1. The number of sulfonamides is 1. The van der Waals surface area contributed by atoms with Gasteiger partial charge in [-0.3, -0.25) is 14.5 Å². The predicted octanol–water partition coefficient (Wildman–Crippen LogP) is 1.37. The van der Waals surface area contributed by atoms with Gasteiger partial charge in [-0.25, -0.2) is 8.42 Å². The van der Waals surface area contributed by atoms with E-state index in [1.54, 1.807) is 12.1 Å². The van der Waals surface area contributed by atoms with Gasteiger partial charge in [-0.1, -0.05) is 19.3 Å². The predicted molar refractivity (Wildman–Crippen MR) is 129 cm³/mol. The second-order valence-corrected chi connectivity index (χ2v) is 11.4. The molecule has 3 aliphatic rings. The number of benzene rings is 1. The first-order valence-corrected chi connectivity index (χ1v) is 13.7. The lowest BCUT2D eigenvalue weighted by atomic mass is 9.94. The number of carbonyl (C=O) groups excluding carboxylic acids is 2. The summed E-state index contributed by atoms with van der Waals surface area (Å²) in [6.07, 6.45) is 6.54. The van der Waals surface area contributed by atoms with Crippen LogP contribution >= 0.6 is 0 Å². The van der Waals surface area contributed by atoms with Crippen LogP contribution in [0.1, 0.15) is 44.6 Å². The molecule has 2 aliphatic heterocycles. The van der Waals surface area contributed by atoms with Crippen LogP contribution in [0.4, 0.5) is 5.69 Å². The molecule has 2 amide bonds. The summed E-state index contributed by atoms with van der Waals surface area (Å²) >= 11 is 0. The molecule has 0 unspecified atom stereocenters. The second kappa shape index (κ2) is 10.7. The monoisotopic (exact) mass is 492 g/mol. The van der Waals surface area contributed by atoms with E-state index in [0.717, 1.165) is 6.54 Å². The lowest BCUT2D eigenvalue weighted by Gasteiger charge is -2.31. The summed E-state index contributed by atoms with van der Waals surface area (Å²) in [4.78, 5) is 29.5. The third-order valence-electron chi connectivity index (χ3n) is 7.25. The maximum absolute atomic E-state index is 13.1. The van der Waals surface area contributed by atoms with Crippen molar-refractivity contribution in [2.45, 2.75) is 62.4 Å². The van der Waals surface area contributed by atoms with E-state index < -0.39 is 16.1 Å². The standard InChI is InChI=1S/C24H36N4O5S/c1-18(29)28-22-9-8-21(34(31,32)27-12-14-33-15-13-27)16-19(22)17-23(28)24(30)25-10-11-26(2)20-6-4-3-5-7-20/h8-9,16,20,23H,3-7,10-15,17H2,1-2H3,(H,25,30)/t23-/m1/s1. The fourth-order valence-electron chi connectivity index (χ4n) is 5.30. The summed E-state index contributed by atoms with van der Waals surface area (Å²) in [5.74, 6) is -0.442. The number of hydrogen-bond donors (Lipinski definition) is 1. The highest BCUT2D eigenvalue weighted by molar-refractivity contribution is 7.89. The van der Waals surface area contributed by atoms with Crippen LogP contribution in [-0.4, -0.2) is 88.0 Å². The van der Waals surface area contributed by atoms with E-state index in [0.29, 0.717) is 56.6 Å². The van der Waals surface area contributed by atoms with Crippen molar-refractivity contribution in [2.24, 2.45) is 0 Å². The van der Waals surface area contributed by atoms with Gasteiger partial charge in [0, 0.05) is 51.3 Å². The van der Waals surface area contributed by atoms with E-state index in [2.05, 4.69) is 17.3 Å². The third kappa shape index (κ3) is 5.30. The zero-order valence-electron chi connectivity index (χ0n) is 20.2. The molecule has 10 heteroatoms. The molecular formula is C24H36N4O5S. The van der Waals surface area contributed by atoms with E-state index in [9.17, 15) is 18.0 Å². The highest BCUT2D eigenvalue weighted by Gasteiger charge is 2.38. The number of hydrogen-bond acceptors (Lipinski definition) is 6. The maximum Gasteiger partial charge on any atom is 0.243 e. The molecule has 2 heterocycles. The van der Waals surface area contributed by atoms with Crippen LogP contribution in [0.25, 0.3) is 0 Å². The van der Waals surface area contributed by atoms with Gasteiger partial charge < -0.3 is 15.0 Å². The maximum atomic E-state index is 13.1. The Bertz CT molecular complexity index is 1000. The van der Waals surface area contributed by atoms with Crippen molar-refractivity contribution >= 4 is 27.5 Å². The number of amides is 2. The van der Waals surface area contributed by atoms with E-state index in [1.165, 1.54) is 54.3 Å². The summed E-state index contributed by atoms with van der Waals surface area (Å²) < 4.78 is 32.8. The Kier molecular flexibility index (Phi) is 7.91. The Morgan fingerprint density at radius 2 is 1.85 bits per heavy atom. The molecule has 2 fully saturated rings. The van der Waals surface area contributed by atoms with Gasteiger partial charge in [-0.05, 0) is 43.7 Å². The van der Waals surface area contributed by atoms with Gasteiger partial charge in [0.2, 0.25) is 21.8 Å². The number of ether oxygens (including phenoxy) is 1. The average Bonchev–Trinajstić information content (AvgIpc) is 3.24. The molecule has 1 aliphatic carbocycles. The van der Waals surface area contributed by atoms with Gasteiger partial charge in [-0.15, -0.1) is 0 Å². The van der Waals surface area contributed by atoms with Crippen molar-refractivity contribution in [3.05, 3.63) is 23.8 Å². The molecule has 188 valence electrons. The van der Waals surface area contributed by atoms with Crippen molar-refractivity contribution in [1.29, 1.82) is 0 Å². The van der Waals surface area contributed by atoms with E-state index in [4.69, 9.17) is 4.74 Å². The van der Waals surface area contributed by atoms with E-state index >= 15 is 0 Å². The van der Waals surface area contributed by atoms with Crippen LogP contribution in [0.5, 0.6) is 0 Å². The SMILES string of the molecule is CC(=O)N1c2ccc(S(=O)(=O)N3CCOCC3)cc2C[C@@H]1C(=O)NCCN(C)C1CCCCC1. The van der Waals surface area contributed by atoms with Crippen molar-refractivity contribution in [3.63, 3.8) is 0 Å². The molecule has 4 rings (SSSR count). The molecule has 34 heavy (non-hydrogen) atoms. The third-order valence-corrected chi connectivity index (χ3v) is 9.14. The van der Waals surface area contributed by atoms with Gasteiger partial charge >= 0.3 is 0 Å². The molecule has 1 atom stereocenters. The number of anilines is 1. The highest BCUT2D eigenvalue weighted by Crippen LogP contribution is 2.35. The second-order valence-electron chi connectivity index (χ2n) is 9.48. The van der Waals surface area contributed by atoms with Crippen LogP contribution in [0, 0.1) is 0 Å². The summed E-state index contributed by atoms with van der Waals surface area (Å²) in [5, 5.41) is 3.00. The van der Waals surface area contributed by atoms with Crippen molar-refractivity contribution < 1.29 is 22.7 Å². The smallest absolute Gasteiger partial charge is 0.243 e. The largest absolute Gasteiger partial charge is 0.379 e. The van der Waals surface area contributed by atoms with Crippen molar-refractivity contribution in [2.75, 3.05) is 51.3 Å². The fraction of sp³-hybridized carbons (Fsp3) is 0.667. The van der Waals surface area contributed by atoms with Gasteiger partial charge in [0.1, 0.15) is 6.04 Å². The van der Waals surface area contributed by atoms with Crippen LogP contribution < -0.4 is 10.2 Å². The topological polar surface area (TPSA) is 99.3 Å². The Balaban J connectivity index is 1.42. The van der Waals surface area contributed by atoms with Crippen LogP contribution in [0.2, 0.25) is 0 Å². The molecule has 0 radical (unpaired) electrons. The lowest BCUT2D eigenvalue weighted by molar-refractivity contribution is -0.125. The number of likely N-dealkylation sites (N-methyl/N-ethyl adjacent to an activating group) is 1. The van der Waals surface area contributed by atoms with Crippen molar-refractivity contribution in [1.82, 2.24) is 14.5 Å².